The van der Waals surface area contributed by atoms with Crippen molar-refractivity contribution < 1.29 is 4.42 Å². The van der Waals surface area contributed by atoms with Gasteiger partial charge in [-0.1, -0.05) is 123 Å². The third-order valence-electron chi connectivity index (χ3n) is 9.13. The normalized spacial score (nSPS) is 12.4. The molecule has 0 aliphatic rings. The number of fused-ring (bicyclic) bond motifs is 8. The molecule has 0 N–H and O–H groups in total. The Hall–Kier alpha value is -4.70. The van der Waals surface area contributed by atoms with Gasteiger partial charge in [0, 0.05) is 25.6 Å². The van der Waals surface area contributed by atoms with Gasteiger partial charge in [-0.15, -0.1) is 11.3 Å². The average Bonchev–Trinajstić information content (AvgIpc) is 3.65. The number of hydrogen-bond acceptors (Lipinski definition) is 2. The van der Waals surface area contributed by atoms with E-state index in [0.29, 0.717) is 0 Å². The van der Waals surface area contributed by atoms with E-state index in [0.717, 1.165) is 11.0 Å². The summed E-state index contributed by atoms with van der Waals surface area (Å²) in [4.78, 5) is 0. The lowest BCUT2D eigenvalue weighted by Gasteiger charge is -2.17. The van der Waals surface area contributed by atoms with E-state index in [9.17, 15) is 0 Å². The fraction of sp³-hybridized carbons (Fsp3) is 0.0732. The van der Waals surface area contributed by atoms with E-state index in [1.165, 1.54) is 80.1 Å². The Morgan fingerprint density at radius 1 is 0.477 bits per heavy atom. The number of hydrogen-bond donors (Lipinski definition) is 0. The van der Waals surface area contributed by atoms with E-state index >= 15 is 0 Å². The monoisotopic (exact) mass is 598 g/mol. The van der Waals surface area contributed by atoms with Gasteiger partial charge < -0.3 is 4.42 Å². The van der Waals surface area contributed by atoms with Crippen LogP contribution in [-0.2, 0) is 0 Å². The molecule has 2 heterocycles. The molecule has 0 spiro atoms. The zero-order valence-electron chi connectivity index (χ0n) is 24.9. The lowest BCUT2D eigenvalue weighted by molar-refractivity contribution is 0.648. The van der Waals surface area contributed by atoms with Crippen LogP contribution in [0, 0.1) is 0 Å². The van der Waals surface area contributed by atoms with Crippen molar-refractivity contribution in [2.24, 2.45) is 0 Å². The third kappa shape index (κ3) is 3.83. The molecule has 9 rings (SSSR count). The highest BCUT2D eigenvalue weighted by Gasteiger charge is 2.23. The number of furan rings is 1. The Morgan fingerprint density at radius 3 is 1.70 bits per heavy atom. The fourth-order valence-electron chi connectivity index (χ4n) is 6.98. The van der Waals surface area contributed by atoms with E-state index in [2.05, 4.69) is 147 Å². The summed E-state index contributed by atoms with van der Waals surface area (Å²) in [6.07, 6.45) is 0. The largest absolute Gasteiger partial charge is 0.466 e. The number of thiophene rings is 1. The predicted molar refractivity (Wildman–Crippen MR) is 195 cm³/mol. The minimum atomic E-state index is -1.56. The first-order chi connectivity index (χ1) is 21.4. The first-order valence-electron chi connectivity index (χ1n) is 15.3. The molecule has 0 unspecified atom stereocenters. The maximum atomic E-state index is 6.32. The highest BCUT2D eigenvalue weighted by Crippen LogP contribution is 2.46. The Kier molecular flexibility index (Phi) is 5.50. The fourth-order valence-corrected chi connectivity index (χ4v) is 9.26. The van der Waals surface area contributed by atoms with Crippen molar-refractivity contribution in [2.45, 2.75) is 19.6 Å². The molecule has 0 amide bonds. The van der Waals surface area contributed by atoms with Crippen LogP contribution in [-0.4, -0.2) is 8.07 Å². The molecule has 0 fully saturated rings. The second-order valence-corrected chi connectivity index (χ2v) is 19.0. The van der Waals surface area contributed by atoms with Crippen molar-refractivity contribution in [1.29, 1.82) is 0 Å². The molecule has 0 bridgehead atoms. The molecule has 9 aromatic rings. The molecule has 1 nitrogen and oxygen atoms in total. The molecule has 3 heteroatoms. The van der Waals surface area contributed by atoms with Gasteiger partial charge in [0.05, 0.1) is 5.38 Å². The first-order valence-corrected chi connectivity index (χ1v) is 19.6. The second-order valence-electron chi connectivity index (χ2n) is 12.9. The minimum Gasteiger partial charge on any atom is -0.466 e. The van der Waals surface area contributed by atoms with Crippen LogP contribution < -0.4 is 5.38 Å². The smallest absolute Gasteiger partial charge is 0.133 e. The van der Waals surface area contributed by atoms with Crippen molar-refractivity contribution in [3.8, 4) is 22.3 Å². The van der Waals surface area contributed by atoms with Gasteiger partial charge in [-0.2, -0.15) is 0 Å². The molecule has 7 aromatic carbocycles. The second kappa shape index (κ2) is 9.40. The summed E-state index contributed by atoms with van der Waals surface area (Å²) in [7, 11) is -1.56. The van der Waals surface area contributed by atoms with Crippen molar-refractivity contribution in [3.63, 3.8) is 0 Å². The maximum absolute atomic E-state index is 6.32. The van der Waals surface area contributed by atoms with Gasteiger partial charge in [0.15, 0.2) is 0 Å². The Balaban J connectivity index is 1.31. The van der Waals surface area contributed by atoms with Crippen LogP contribution >= 0.6 is 11.3 Å². The Labute approximate surface area is 261 Å². The molecule has 0 atom stereocenters. The van der Waals surface area contributed by atoms with Gasteiger partial charge in [-0.3, -0.25) is 0 Å². The molecule has 0 aliphatic heterocycles. The van der Waals surface area contributed by atoms with Gasteiger partial charge in [-0.25, -0.2) is 0 Å². The standard InChI is InChI=1S/C41H30OSSi/c1-44(2,3)38-24-28-22-26(18-21-36(28)42-38)39-31-12-6-8-14-33(31)40(34-15-9-7-13-32(34)39)27-17-19-30-35-20-16-25-10-4-5-11-29(25)41(35)43-37(30)23-27/h4-24H,1-3H3. The van der Waals surface area contributed by atoms with Crippen LogP contribution in [0.3, 0.4) is 0 Å². The van der Waals surface area contributed by atoms with E-state index in [1.807, 2.05) is 11.3 Å². The van der Waals surface area contributed by atoms with Gasteiger partial charge in [0.1, 0.15) is 13.7 Å². The Morgan fingerprint density at radius 2 is 1.05 bits per heavy atom. The number of benzene rings is 7. The topological polar surface area (TPSA) is 13.1 Å². The zero-order chi connectivity index (χ0) is 29.6. The molecule has 0 saturated heterocycles. The minimum absolute atomic E-state index is 0.973. The van der Waals surface area contributed by atoms with Crippen LogP contribution in [0.15, 0.2) is 132 Å². The number of rotatable bonds is 3. The van der Waals surface area contributed by atoms with Gasteiger partial charge in [0.25, 0.3) is 0 Å². The van der Waals surface area contributed by atoms with E-state index in [1.54, 1.807) is 0 Å². The van der Waals surface area contributed by atoms with Crippen LogP contribution in [0.5, 0.6) is 0 Å². The molecular weight excluding hydrogens is 569 g/mol. The molecule has 0 saturated carbocycles. The molecule has 2 aromatic heterocycles. The zero-order valence-corrected chi connectivity index (χ0v) is 26.8. The summed E-state index contributed by atoms with van der Waals surface area (Å²) in [5.74, 6) is 0. The maximum Gasteiger partial charge on any atom is 0.133 e. The summed E-state index contributed by atoms with van der Waals surface area (Å²) in [6.45, 7) is 7.01. The van der Waals surface area contributed by atoms with Gasteiger partial charge in [-0.05, 0) is 78.8 Å². The van der Waals surface area contributed by atoms with Crippen molar-refractivity contribution >= 4 is 88.3 Å². The Bertz CT molecular complexity index is 2540. The SMILES string of the molecule is C[Si](C)(C)c1cc2cc(-c3c4ccccc4c(-c4ccc5c(c4)sc4c6ccccc6ccc54)c4ccccc34)ccc2o1. The van der Waals surface area contributed by atoms with Crippen LogP contribution in [0.4, 0.5) is 0 Å². The molecule has 44 heavy (non-hydrogen) atoms. The molecular formula is C41H30OSSi. The lowest BCUT2D eigenvalue weighted by Crippen LogP contribution is -2.36. The summed E-state index contributed by atoms with van der Waals surface area (Å²) in [6, 6.07) is 47.2. The summed E-state index contributed by atoms with van der Waals surface area (Å²) >= 11 is 1.91. The predicted octanol–water partition coefficient (Wildman–Crippen LogP) is 12.1. The quantitative estimate of drug-likeness (QED) is 0.146. The first kappa shape index (κ1) is 25.8. The van der Waals surface area contributed by atoms with E-state index in [4.69, 9.17) is 4.42 Å². The summed E-state index contributed by atoms with van der Waals surface area (Å²) in [5.41, 5.74) is 6.05. The summed E-state index contributed by atoms with van der Waals surface area (Å²) in [5, 5.41) is 12.7. The lowest BCUT2D eigenvalue weighted by atomic mass is 9.85. The highest BCUT2D eigenvalue weighted by molar-refractivity contribution is 7.26. The van der Waals surface area contributed by atoms with Crippen molar-refractivity contribution in [2.75, 3.05) is 0 Å². The van der Waals surface area contributed by atoms with Gasteiger partial charge in [0.2, 0.25) is 0 Å². The van der Waals surface area contributed by atoms with Crippen LogP contribution in [0.25, 0.3) is 85.7 Å². The summed E-state index contributed by atoms with van der Waals surface area (Å²) < 4.78 is 9.01. The van der Waals surface area contributed by atoms with Crippen LogP contribution in [0.2, 0.25) is 19.6 Å². The molecule has 210 valence electrons. The van der Waals surface area contributed by atoms with E-state index < -0.39 is 8.07 Å². The van der Waals surface area contributed by atoms with Crippen molar-refractivity contribution in [1.82, 2.24) is 0 Å². The third-order valence-corrected chi connectivity index (χ3v) is 12.1. The van der Waals surface area contributed by atoms with Gasteiger partial charge >= 0.3 is 0 Å². The molecule has 0 aliphatic carbocycles. The van der Waals surface area contributed by atoms with E-state index in [-0.39, 0.29) is 0 Å². The van der Waals surface area contributed by atoms with Crippen LogP contribution in [0.1, 0.15) is 0 Å². The molecule has 0 radical (unpaired) electrons. The van der Waals surface area contributed by atoms with Crippen molar-refractivity contribution in [3.05, 3.63) is 127 Å². The average molecular weight is 599 g/mol. The highest BCUT2D eigenvalue weighted by atomic mass is 32.1.